The number of amides is 1. The van der Waals surface area contributed by atoms with Crippen LogP contribution < -0.4 is 10.1 Å². The first kappa shape index (κ1) is 17.6. The first-order valence-electron chi connectivity index (χ1n) is 7.51. The maximum absolute atomic E-state index is 13.3. The smallest absolute Gasteiger partial charge is 0.412 e. The quantitative estimate of drug-likeness (QED) is 0.923. The van der Waals surface area contributed by atoms with E-state index in [1.165, 1.54) is 31.4 Å². The molecular formula is C16H21F3N2O2. The van der Waals surface area contributed by atoms with Crippen LogP contribution in [0.25, 0.3) is 0 Å². The summed E-state index contributed by atoms with van der Waals surface area (Å²) >= 11 is 0. The molecule has 0 aliphatic carbocycles. The van der Waals surface area contributed by atoms with Crippen LogP contribution in [0.15, 0.2) is 24.3 Å². The summed E-state index contributed by atoms with van der Waals surface area (Å²) in [6, 6.07) is 3.55. The highest BCUT2D eigenvalue weighted by Gasteiger charge is 2.42. The molecule has 0 unspecified atom stereocenters. The highest BCUT2D eigenvalue weighted by Crippen LogP contribution is 2.34. The van der Waals surface area contributed by atoms with E-state index in [9.17, 15) is 18.0 Å². The van der Waals surface area contributed by atoms with Gasteiger partial charge in [0.1, 0.15) is 5.75 Å². The molecule has 23 heavy (non-hydrogen) atoms. The van der Waals surface area contributed by atoms with E-state index in [-0.39, 0.29) is 5.56 Å². The number of hydrogen-bond donors (Lipinski definition) is 1. The summed E-state index contributed by atoms with van der Waals surface area (Å²) in [5, 5.41) is 2.17. The van der Waals surface area contributed by atoms with Crippen molar-refractivity contribution in [2.75, 3.05) is 27.2 Å². The Morgan fingerprint density at radius 2 is 2.00 bits per heavy atom. The molecule has 1 aliphatic rings. The van der Waals surface area contributed by atoms with E-state index in [4.69, 9.17) is 4.74 Å². The fourth-order valence-electron chi connectivity index (χ4n) is 2.79. The number of likely N-dealkylation sites (tertiary alicyclic amines) is 1. The van der Waals surface area contributed by atoms with Crippen molar-refractivity contribution in [3.8, 4) is 5.75 Å². The Kier molecular flexibility index (Phi) is 5.51. The largest absolute Gasteiger partial charge is 0.497 e. The number of benzene rings is 1. The molecule has 0 spiro atoms. The molecule has 2 atom stereocenters. The Labute approximate surface area is 133 Å². The van der Waals surface area contributed by atoms with Crippen molar-refractivity contribution >= 4 is 5.91 Å². The van der Waals surface area contributed by atoms with Crippen molar-refractivity contribution in [1.29, 1.82) is 0 Å². The van der Waals surface area contributed by atoms with Crippen molar-refractivity contribution < 1.29 is 22.7 Å². The minimum absolute atomic E-state index is 0.00388. The number of alkyl halides is 3. The number of hydrogen-bond acceptors (Lipinski definition) is 3. The van der Waals surface area contributed by atoms with Crippen LogP contribution in [0.1, 0.15) is 24.4 Å². The van der Waals surface area contributed by atoms with E-state index in [1.54, 1.807) is 0 Å². The van der Waals surface area contributed by atoms with Gasteiger partial charge in [0.15, 0.2) is 6.04 Å². The third-order valence-electron chi connectivity index (χ3n) is 4.06. The molecule has 0 bridgehead atoms. The predicted octanol–water partition coefficient (Wildman–Crippen LogP) is 2.76. The van der Waals surface area contributed by atoms with Crippen LogP contribution in [-0.4, -0.2) is 44.2 Å². The number of methoxy groups -OCH3 is 1. The van der Waals surface area contributed by atoms with Gasteiger partial charge in [-0.15, -0.1) is 0 Å². The molecule has 1 heterocycles. The van der Waals surface area contributed by atoms with Gasteiger partial charge in [-0.3, -0.25) is 4.79 Å². The molecule has 1 fully saturated rings. The zero-order valence-corrected chi connectivity index (χ0v) is 13.2. The standard InChI is InChI=1S/C16H21F3N2O2/c1-21-9-3-4-12(10-21)15(22)20-14(16(17,18)19)11-5-7-13(23-2)8-6-11/h5-8,12,14H,3-4,9-10H2,1-2H3,(H,20,22)/t12-,14-/m1/s1. The SMILES string of the molecule is COc1ccc([C@@H](NC(=O)[C@@H]2CCCN(C)C2)C(F)(F)F)cc1. The Morgan fingerprint density at radius 3 is 2.52 bits per heavy atom. The van der Waals surface area contributed by atoms with E-state index < -0.39 is 24.0 Å². The molecule has 2 rings (SSSR count). The summed E-state index contributed by atoms with van der Waals surface area (Å²) in [6.45, 7) is 1.35. The Bertz CT molecular complexity index is 531. The van der Waals surface area contributed by atoms with E-state index in [1.807, 2.05) is 11.9 Å². The second-order valence-electron chi connectivity index (χ2n) is 5.86. The number of nitrogens with zero attached hydrogens (tertiary/aromatic N) is 1. The normalized spacial score (nSPS) is 20.8. The summed E-state index contributed by atoms with van der Waals surface area (Å²) in [7, 11) is 3.31. The van der Waals surface area contributed by atoms with Gasteiger partial charge in [-0.25, -0.2) is 0 Å². The molecule has 1 aromatic rings. The van der Waals surface area contributed by atoms with Crippen molar-refractivity contribution in [2.24, 2.45) is 5.92 Å². The van der Waals surface area contributed by atoms with Crippen LogP contribution in [-0.2, 0) is 4.79 Å². The van der Waals surface area contributed by atoms with E-state index in [0.29, 0.717) is 18.7 Å². The molecule has 0 radical (unpaired) electrons. The summed E-state index contributed by atoms with van der Waals surface area (Å²) in [6.07, 6.45) is -3.12. The zero-order valence-electron chi connectivity index (χ0n) is 13.2. The van der Waals surface area contributed by atoms with Gasteiger partial charge in [0.25, 0.3) is 0 Å². The first-order valence-corrected chi connectivity index (χ1v) is 7.51. The molecular weight excluding hydrogens is 309 g/mol. The molecule has 7 heteroatoms. The van der Waals surface area contributed by atoms with E-state index in [0.717, 1.165) is 13.0 Å². The first-order chi connectivity index (χ1) is 10.8. The lowest BCUT2D eigenvalue weighted by atomic mass is 9.96. The molecule has 0 aromatic heterocycles. The Hall–Kier alpha value is -1.76. The Morgan fingerprint density at radius 1 is 1.35 bits per heavy atom. The molecule has 128 valence electrons. The molecule has 1 amide bonds. The van der Waals surface area contributed by atoms with Gasteiger partial charge in [-0.05, 0) is 44.1 Å². The topological polar surface area (TPSA) is 41.6 Å². The lowest BCUT2D eigenvalue weighted by Gasteiger charge is -2.30. The van der Waals surface area contributed by atoms with E-state index in [2.05, 4.69) is 5.32 Å². The van der Waals surface area contributed by atoms with Gasteiger partial charge in [-0.1, -0.05) is 12.1 Å². The highest BCUT2D eigenvalue weighted by atomic mass is 19.4. The van der Waals surface area contributed by atoms with Crippen LogP contribution in [0, 0.1) is 5.92 Å². The lowest BCUT2D eigenvalue weighted by molar-refractivity contribution is -0.165. The molecule has 4 nitrogen and oxygen atoms in total. The Balaban J connectivity index is 2.13. The second kappa shape index (κ2) is 7.21. The van der Waals surface area contributed by atoms with Gasteiger partial charge in [0.05, 0.1) is 13.0 Å². The van der Waals surface area contributed by atoms with E-state index >= 15 is 0 Å². The third kappa shape index (κ3) is 4.60. The van der Waals surface area contributed by atoms with Crippen LogP contribution in [0.3, 0.4) is 0 Å². The van der Waals surface area contributed by atoms with Gasteiger partial charge < -0.3 is 15.0 Å². The fourth-order valence-corrected chi connectivity index (χ4v) is 2.79. The number of carbonyl (C=O) groups excluding carboxylic acids is 1. The number of ether oxygens (including phenoxy) is 1. The van der Waals surface area contributed by atoms with Crippen molar-refractivity contribution in [1.82, 2.24) is 10.2 Å². The van der Waals surface area contributed by atoms with Crippen molar-refractivity contribution in [2.45, 2.75) is 25.1 Å². The number of halogens is 3. The van der Waals surface area contributed by atoms with Crippen LogP contribution in [0.4, 0.5) is 13.2 Å². The number of nitrogens with one attached hydrogen (secondary N) is 1. The highest BCUT2D eigenvalue weighted by molar-refractivity contribution is 5.79. The van der Waals surface area contributed by atoms with Crippen molar-refractivity contribution in [3.63, 3.8) is 0 Å². The van der Waals surface area contributed by atoms with Crippen LogP contribution in [0.5, 0.6) is 5.75 Å². The summed E-state index contributed by atoms with van der Waals surface area (Å²) < 4.78 is 45.0. The van der Waals surface area contributed by atoms with Crippen LogP contribution in [0.2, 0.25) is 0 Å². The molecule has 1 saturated heterocycles. The average Bonchev–Trinajstić information content (AvgIpc) is 2.51. The maximum atomic E-state index is 13.3. The predicted molar refractivity (Wildman–Crippen MR) is 80.2 cm³/mol. The summed E-state index contributed by atoms with van der Waals surface area (Å²) in [5.41, 5.74) is -0.00388. The van der Waals surface area contributed by atoms with Gasteiger partial charge >= 0.3 is 6.18 Å². The summed E-state index contributed by atoms with van der Waals surface area (Å²) in [4.78, 5) is 14.2. The average molecular weight is 330 g/mol. The monoisotopic (exact) mass is 330 g/mol. The minimum atomic E-state index is -4.55. The molecule has 1 N–H and O–H groups in total. The molecule has 0 saturated carbocycles. The maximum Gasteiger partial charge on any atom is 0.412 e. The summed E-state index contributed by atoms with van der Waals surface area (Å²) in [5.74, 6) is -0.485. The number of piperidine rings is 1. The van der Waals surface area contributed by atoms with Gasteiger partial charge in [0, 0.05) is 6.54 Å². The number of rotatable bonds is 4. The third-order valence-corrected chi connectivity index (χ3v) is 4.06. The van der Waals surface area contributed by atoms with Crippen molar-refractivity contribution in [3.05, 3.63) is 29.8 Å². The van der Waals surface area contributed by atoms with Gasteiger partial charge in [-0.2, -0.15) is 13.2 Å². The fraction of sp³-hybridized carbons (Fsp3) is 0.562. The lowest BCUT2D eigenvalue weighted by Crippen LogP contribution is -2.45. The van der Waals surface area contributed by atoms with Gasteiger partial charge in [0.2, 0.25) is 5.91 Å². The molecule has 1 aliphatic heterocycles. The molecule has 1 aromatic carbocycles. The van der Waals surface area contributed by atoms with Crippen LogP contribution >= 0.6 is 0 Å². The minimum Gasteiger partial charge on any atom is -0.497 e. The zero-order chi connectivity index (χ0) is 17.0. The second-order valence-corrected chi connectivity index (χ2v) is 5.86. The number of carbonyl (C=O) groups is 1.